The van der Waals surface area contributed by atoms with Crippen LogP contribution in [0.15, 0.2) is 42.5 Å². The fraction of sp³-hybridized carbons (Fsp3) is 0.433. The van der Waals surface area contributed by atoms with Gasteiger partial charge in [0.15, 0.2) is 0 Å². The molecule has 2 aromatic carbocycles. The summed E-state index contributed by atoms with van der Waals surface area (Å²) in [6, 6.07) is 9.75. The maximum absolute atomic E-state index is 13.2. The molecule has 3 aromatic rings. The summed E-state index contributed by atoms with van der Waals surface area (Å²) < 4.78 is 43.6. The van der Waals surface area contributed by atoms with E-state index in [1.807, 2.05) is 20.8 Å². The van der Waals surface area contributed by atoms with Gasteiger partial charge in [0, 0.05) is 22.0 Å². The predicted octanol–water partition coefficient (Wildman–Crippen LogP) is 6.01. The van der Waals surface area contributed by atoms with Gasteiger partial charge in [-0.25, -0.2) is 4.79 Å². The van der Waals surface area contributed by atoms with Crippen molar-refractivity contribution in [3.63, 3.8) is 0 Å². The SMILES string of the molecule is CC(C)(C)NC(=O)Cn1c(-c2ccc(OC(F)(F)F)cc2)c(C(=O)O)c2cc(C(C)(C)C(=O)NC(C)(C)C)ccc21. The Morgan fingerprint density at radius 3 is 1.90 bits per heavy atom. The summed E-state index contributed by atoms with van der Waals surface area (Å²) in [7, 11) is 0. The highest BCUT2D eigenvalue weighted by molar-refractivity contribution is 6.10. The lowest BCUT2D eigenvalue weighted by Gasteiger charge is -2.30. The van der Waals surface area contributed by atoms with Crippen LogP contribution < -0.4 is 15.4 Å². The highest BCUT2D eigenvalue weighted by Gasteiger charge is 2.34. The minimum absolute atomic E-state index is 0.129. The van der Waals surface area contributed by atoms with Crippen LogP contribution in [0.4, 0.5) is 13.2 Å². The molecule has 1 aromatic heterocycles. The van der Waals surface area contributed by atoms with Gasteiger partial charge in [-0.1, -0.05) is 6.07 Å². The molecular formula is C30H36F3N3O5. The normalized spacial score (nSPS) is 12.8. The number of carboxylic acids is 1. The first-order valence-corrected chi connectivity index (χ1v) is 13.0. The summed E-state index contributed by atoms with van der Waals surface area (Å²) in [6.45, 7) is 14.2. The molecule has 11 heteroatoms. The molecule has 222 valence electrons. The van der Waals surface area contributed by atoms with E-state index in [4.69, 9.17) is 0 Å². The number of hydrogen-bond acceptors (Lipinski definition) is 4. The van der Waals surface area contributed by atoms with Crippen molar-refractivity contribution in [1.29, 1.82) is 0 Å². The minimum atomic E-state index is -4.89. The molecule has 0 radical (unpaired) electrons. The van der Waals surface area contributed by atoms with Crippen LogP contribution in [0.1, 0.15) is 71.3 Å². The first kappa shape index (κ1) is 31.5. The van der Waals surface area contributed by atoms with Crippen LogP contribution in [0.3, 0.4) is 0 Å². The van der Waals surface area contributed by atoms with E-state index < -0.39 is 40.5 Å². The van der Waals surface area contributed by atoms with Gasteiger partial charge in [-0.3, -0.25) is 9.59 Å². The Morgan fingerprint density at radius 2 is 1.41 bits per heavy atom. The van der Waals surface area contributed by atoms with Gasteiger partial charge in [0.2, 0.25) is 11.8 Å². The topological polar surface area (TPSA) is 110 Å². The minimum Gasteiger partial charge on any atom is -0.478 e. The summed E-state index contributed by atoms with van der Waals surface area (Å²) >= 11 is 0. The van der Waals surface area contributed by atoms with Gasteiger partial charge in [0.25, 0.3) is 0 Å². The van der Waals surface area contributed by atoms with Gasteiger partial charge in [0.1, 0.15) is 12.3 Å². The number of halogens is 3. The summed E-state index contributed by atoms with van der Waals surface area (Å²) in [5.41, 5.74) is -0.902. The van der Waals surface area contributed by atoms with Gasteiger partial charge in [-0.15, -0.1) is 13.2 Å². The Morgan fingerprint density at radius 1 is 0.854 bits per heavy atom. The lowest BCUT2D eigenvalue weighted by molar-refractivity contribution is -0.274. The second-order valence-electron chi connectivity index (χ2n) is 12.5. The number of aromatic nitrogens is 1. The van der Waals surface area contributed by atoms with E-state index in [1.54, 1.807) is 52.8 Å². The lowest BCUT2D eigenvalue weighted by Crippen LogP contribution is -2.48. The van der Waals surface area contributed by atoms with Gasteiger partial charge < -0.3 is 25.0 Å². The van der Waals surface area contributed by atoms with E-state index in [2.05, 4.69) is 15.4 Å². The molecule has 0 aliphatic rings. The predicted molar refractivity (Wildman–Crippen MR) is 150 cm³/mol. The monoisotopic (exact) mass is 575 g/mol. The second kappa shape index (κ2) is 10.8. The van der Waals surface area contributed by atoms with Crippen molar-refractivity contribution in [3.8, 4) is 17.0 Å². The Hall–Kier alpha value is -4.02. The molecule has 0 unspecified atom stereocenters. The number of ether oxygens (including phenoxy) is 1. The molecular weight excluding hydrogens is 539 g/mol. The van der Waals surface area contributed by atoms with E-state index in [9.17, 15) is 32.7 Å². The average molecular weight is 576 g/mol. The van der Waals surface area contributed by atoms with Crippen molar-refractivity contribution in [2.75, 3.05) is 0 Å². The van der Waals surface area contributed by atoms with Crippen LogP contribution in [0.25, 0.3) is 22.2 Å². The number of nitrogens with one attached hydrogen (secondary N) is 2. The molecule has 0 spiro atoms. The van der Waals surface area contributed by atoms with Crippen LogP contribution in [-0.2, 0) is 21.5 Å². The molecule has 3 rings (SSSR count). The van der Waals surface area contributed by atoms with Crippen molar-refractivity contribution >= 4 is 28.7 Å². The van der Waals surface area contributed by atoms with Crippen molar-refractivity contribution in [3.05, 3.63) is 53.6 Å². The third kappa shape index (κ3) is 7.59. The largest absolute Gasteiger partial charge is 0.573 e. The molecule has 41 heavy (non-hydrogen) atoms. The number of hydrogen-bond donors (Lipinski definition) is 3. The van der Waals surface area contributed by atoms with E-state index in [1.165, 1.54) is 16.7 Å². The molecule has 1 heterocycles. The Bertz CT molecular complexity index is 1470. The van der Waals surface area contributed by atoms with E-state index in [0.717, 1.165) is 12.1 Å². The Kier molecular flexibility index (Phi) is 8.26. The molecule has 0 saturated heterocycles. The molecule has 3 N–H and O–H groups in total. The first-order chi connectivity index (χ1) is 18.6. The van der Waals surface area contributed by atoms with Crippen LogP contribution in [0.5, 0.6) is 5.75 Å². The summed E-state index contributed by atoms with van der Waals surface area (Å²) in [4.78, 5) is 38.9. The van der Waals surface area contributed by atoms with Gasteiger partial charge in [0.05, 0.1) is 16.7 Å². The summed E-state index contributed by atoms with van der Waals surface area (Å²) in [6.07, 6.45) is -4.89. The number of aromatic carboxylic acids is 1. The van der Waals surface area contributed by atoms with Crippen molar-refractivity contribution in [2.45, 2.75) is 84.8 Å². The van der Waals surface area contributed by atoms with E-state index in [0.29, 0.717) is 11.1 Å². The highest BCUT2D eigenvalue weighted by atomic mass is 19.4. The number of fused-ring (bicyclic) bond motifs is 1. The second-order valence-corrected chi connectivity index (χ2v) is 12.5. The Labute approximate surface area is 236 Å². The Balaban J connectivity index is 2.27. The quantitative estimate of drug-likeness (QED) is 0.320. The summed E-state index contributed by atoms with van der Waals surface area (Å²) in [5.74, 6) is -2.42. The van der Waals surface area contributed by atoms with Crippen LogP contribution in [0.2, 0.25) is 0 Å². The number of nitrogens with zero attached hydrogens (tertiary/aromatic N) is 1. The maximum atomic E-state index is 13.2. The fourth-order valence-electron chi connectivity index (χ4n) is 4.47. The highest BCUT2D eigenvalue weighted by Crippen LogP contribution is 2.38. The van der Waals surface area contributed by atoms with Gasteiger partial charge in [-0.05, 0) is 103 Å². The molecule has 0 aliphatic heterocycles. The van der Waals surface area contributed by atoms with Gasteiger partial charge in [-0.2, -0.15) is 0 Å². The molecule has 2 amide bonds. The number of carboxylic acid groups (broad SMARTS) is 1. The number of rotatable bonds is 7. The molecule has 0 atom stereocenters. The zero-order valence-electron chi connectivity index (χ0n) is 24.4. The fourth-order valence-corrected chi connectivity index (χ4v) is 4.47. The first-order valence-electron chi connectivity index (χ1n) is 13.0. The molecule has 0 aliphatic carbocycles. The molecule has 0 saturated carbocycles. The van der Waals surface area contributed by atoms with Crippen molar-refractivity contribution in [2.24, 2.45) is 0 Å². The number of alkyl halides is 3. The molecule has 8 nitrogen and oxygen atoms in total. The van der Waals surface area contributed by atoms with E-state index in [-0.39, 0.29) is 34.7 Å². The van der Waals surface area contributed by atoms with Crippen molar-refractivity contribution in [1.82, 2.24) is 15.2 Å². The standard InChI is InChI=1S/C30H36F3N3O5/c1-27(2,3)34-22(37)16-36-21-14-11-18(29(7,8)26(40)35-28(4,5)6)15-20(21)23(25(38)39)24(36)17-9-12-19(13-10-17)41-30(31,32)33/h9-15H,16H2,1-8H3,(H,34,37)(H,35,40)(H,38,39). The third-order valence-corrected chi connectivity index (χ3v) is 6.23. The maximum Gasteiger partial charge on any atom is 0.573 e. The number of carbonyl (C=O) groups excluding carboxylic acids is 2. The number of carbonyl (C=O) groups is 3. The zero-order chi connectivity index (χ0) is 31.1. The van der Waals surface area contributed by atoms with Crippen LogP contribution in [0, 0.1) is 0 Å². The lowest BCUT2D eigenvalue weighted by atomic mass is 9.82. The number of benzene rings is 2. The summed E-state index contributed by atoms with van der Waals surface area (Å²) in [5, 5.41) is 16.4. The van der Waals surface area contributed by atoms with Crippen molar-refractivity contribution < 1.29 is 37.4 Å². The van der Waals surface area contributed by atoms with Crippen LogP contribution >= 0.6 is 0 Å². The average Bonchev–Trinajstić information content (AvgIpc) is 3.09. The molecule has 0 fully saturated rings. The zero-order valence-corrected chi connectivity index (χ0v) is 24.4. The number of amides is 2. The van der Waals surface area contributed by atoms with Crippen LogP contribution in [-0.4, -0.2) is 44.9 Å². The molecule has 0 bridgehead atoms. The third-order valence-electron chi connectivity index (χ3n) is 6.23. The van der Waals surface area contributed by atoms with E-state index >= 15 is 0 Å². The smallest absolute Gasteiger partial charge is 0.478 e. The van der Waals surface area contributed by atoms with Gasteiger partial charge >= 0.3 is 12.3 Å².